The number of carbonyl (C=O) groups is 1. The predicted molar refractivity (Wildman–Crippen MR) is 61.8 cm³/mol. The third-order valence-electron chi connectivity index (χ3n) is 3.20. The highest BCUT2D eigenvalue weighted by Gasteiger charge is 2.18. The molecule has 2 rings (SSSR count). The van der Waals surface area contributed by atoms with Crippen molar-refractivity contribution in [3.05, 3.63) is 28.6 Å². The Bertz CT molecular complexity index is 413. The Morgan fingerprint density at radius 2 is 2.12 bits per heavy atom. The van der Waals surface area contributed by atoms with Crippen molar-refractivity contribution >= 4 is 5.97 Å². The molecule has 16 heavy (non-hydrogen) atoms. The van der Waals surface area contributed by atoms with E-state index in [9.17, 15) is 9.90 Å². The van der Waals surface area contributed by atoms with E-state index in [1.165, 1.54) is 6.42 Å². The summed E-state index contributed by atoms with van der Waals surface area (Å²) in [6.07, 6.45) is 5.99. The molecule has 1 aliphatic rings. The topological polar surface area (TPSA) is 50.2 Å². The molecule has 3 nitrogen and oxygen atoms in total. The summed E-state index contributed by atoms with van der Waals surface area (Å²) in [7, 11) is 0. The maximum atomic E-state index is 11.2. The minimum absolute atomic E-state index is 0.476. The van der Waals surface area contributed by atoms with Crippen LogP contribution in [0.2, 0.25) is 0 Å². The number of carboxylic acids is 1. The van der Waals surface area contributed by atoms with E-state index in [1.54, 1.807) is 6.07 Å². The Hall–Kier alpha value is -1.38. The number of hydrogen-bond acceptors (Lipinski definition) is 2. The van der Waals surface area contributed by atoms with Crippen LogP contribution in [0.4, 0.5) is 0 Å². The maximum Gasteiger partial charge on any atom is 0.336 e. The van der Waals surface area contributed by atoms with Gasteiger partial charge in [-0.1, -0.05) is 13.3 Å². The first-order valence-corrected chi connectivity index (χ1v) is 5.97. The molecule has 0 amide bonds. The van der Waals surface area contributed by atoms with E-state index in [2.05, 4.69) is 4.98 Å². The second kappa shape index (κ2) is 4.64. The Kier molecular flexibility index (Phi) is 3.22. The molecule has 0 bridgehead atoms. The van der Waals surface area contributed by atoms with Gasteiger partial charge in [-0.3, -0.25) is 4.98 Å². The van der Waals surface area contributed by atoms with Gasteiger partial charge in [0.25, 0.3) is 0 Å². The maximum absolute atomic E-state index is 11.2. The van der Waals surface area contributed by atoms with Gasteiger partial charge in [-0.25, -0.2) is 4.79 Å². The molecule has 1 aromatic heterocycles. The van der Waals surface area contributed by atoms with Crippen molar-refractivity contribution in [2.24, 2.45) is 0 Å². The fourth-order valence-corrected chi connectivity index (χ4v) is 2.31. The van der Waals surface area contributed by atoms with Crippen molar-refractivity contribution in [1.82, 2.24) is 4.98 Å². The number of fused-ring (bicyclic) bond motifs is 1. The van der Waals surface area contributed by atoms with Crippen molar-refractivity contribution in [2.45, 2.75) is 45.4 Å². The van der Waals surface area contributed by atoms with Crippen molar-refractivity contribution in [2.75, 3.05) is 0 Å². The van der Waals surface area contributed by atoms with Gasteiger partial charge >= 0.3 is 5.97 Å². The van der Waals surface area contributed by atoms with Crippen LogP contribution >= 0.6 is 0 Å². The third kappa shape index (κ3) is 2.08. The Labute approximate surface area is 95.5 Å². The molecule has 1 N–H and O–H groups in total. The molecule has 1 aromatic rings. The van der Waals surface area contributed by atoms with Crippen molar-refractivity contribution in [3.8, 4) is 0 Å². The SMILES string of the molecule is CCc1cc(C(=O)O)c2c(n1)CCCCC2. The molecule has 1 aliphatic carbocycles. The summed E-state index contributed by atoms with van der Waals surface area (Å²) in [5, 5.41) is 9.22. The lowest BCUT2D eigenvalue weighted by Gasteiger charge is -2.10. The fraction of sp³-hybridized carbons (Fsp3) is 0.538. The Balaban J connectivity index is 2.53. The smallest absolute Gasteiger partial charge is 0.336 e. The van der Waals surface area contributed by atoms with Crippen LogP contribution in [0.15, 0.2) is 6.07 Å². The van der Waals surface area contributed by atoms with E-state index < -0.39 is 5.97 Å². The van der Waals surface area contributed by atoms with Crippen LogP contribution in [-0.4, -0.2) is 16.1 Å². The van der Waals surface area contributed by atoms with E-state index in [0.717, 1.165) is 49.1 Å². The molecular weight excluding hydrogens is 202 g/mol. The molecule has 0 fully saturated rings. The average Bonchev–Trinajstić information content (AvgIpc) is 2.52. The number of pyridine rings is 1. The van der Waals surface area contributed by atoms with Crippen LogP contribution in [-0.2, 0) is 19.3 Å². The number of nitrogens with zero attached hydrogens (tertiary/aromatic N) is 1. The van der Waals surface area contributed by atoms with Gasteiger partial charge in [-0.05, 0) is 43.7 Å². The summed E-state index contributed by atoms with van der Waals surface area (Å²) in [6, 6.07) is 1.74. The van der Waals surface area contributed by atoms with Crippen molar-refractivity contribution in [3.63, 3.8) is 0 Å². The second-order valence-electron chi connectivity index (χ2n) is 4.31. The van der Waals surface area contributed by atoms with Crippen LogP contribution < -0.4 is 0 Å². The summed E-state index contributed by atoms with van der Waals surface area (Å²) >= 11 is 0. The normalized spacial score (nSPS) is 15.3. The molecule has 0 aliphatic heterocycles. The lowest BCUT2D eigenvalue weighted by Crippen LogP contribution is -2.09. The predicted octanol–water partition coefficient (Wildman–Crippen LogP) is 2.61. The number of aryl methyl sites for hydroxylation is 2. The number of hydrogen-bond donors (Lipinski definition) is 1. The molecule has 0 unspecified atom stereocenters. The standard InChI is InChI=1S/C13H17NO2/c1-2-9-8-11(13(15)16)10-6-4-3-5-7-12(10)14-9/h8H,2-7H2,1H3,(H,15,16). The Morgan fingerprint density at radius 1 is 1.38 bits per heavy atom. The number of carboxylic acid groups (broad SMARTS) is 1. The van der Waals surface area contributed by atoms with Gasteiger partial charge in [0.15, 0.2) is 0 Å². The number of aromatic carboxylic acids is 1. The monoisotopic (exact) mass is 219 g/mol. The van der Waals surface area contributed by atoms with Crippen molar-refractivity contribution in [1.29, 1.82) is 0 Å². The average molecular weight is 219 g/mol. The summed E-state index contributed by atoms with van der Waals surface area (Å²) in [5.41, 5.74) is 3.37. The first kappa shape index (κ1) is 11.1. The van der Waals surface area contributed by atoms with Gasteiger partial charge in [0.2, 0.25) is 0 Å². The first-order valence-electron chi connectivity index (χ1n) is 5.97. The quantitative estimate of drug-likeness (QED) is 0.778. The van der Waals surface area contributed by atoms with Gasteiger partial charge in [-0.15, -0.1) is 0 Å². The van der Waals surface area contributed by atoms with Gasteiger partial charge in [0.05, 0.1) is 5.56 Å². The van der Waals surface area contributed by atoms with E-state index in [-0.39, 0.29) is 0 Å². The molecular formula is C13H17NO2. The number of aromatic nitrogens is 1. The molecule has 0 saturated carbocycles. The van der Waals surface area contributed by atoms with Crippen LogP contribution in [0.1, 0.15) is 53.5 Å². The molecule has 0 spiro atoms. The zero-order valence-corrected chi connectivity index (χ0v) is 9.62. The van der Waals surface area contributed by atoms with Crippen molar-refractivity contribution < 1.29 is 9.90 Å². The van der Waals surface area contributed by atoms with E-state index in [0.29, 0.717) is 5.56 Å². The molecule has 86 valence electrons. The second-order valence-corrected chi connectivity index (χ2v) is 4.31. The summed E-state index contributed by atoms with van der Waals surface area (Å²) < 4.78 is 0. The van der Waals surface area contributed by atoms with Gasteiger partial charge in [0, 0.05) is 11.4 Å². The van der Waals surface area contributed by atoms with Gasteiger partial charge < -0.3 is 5.11 Å². The summed E-state index contributed by atoms with van der Waals surface area (Å²) in [4.78, 5) is 15.8. The highest BCUT2D eigenvalue weighted by molar-refractivity contribution is 5.89. The minimum atomic E-state index is -0.810. The largest absolute Gasteiger partial charge is 0.478 e. The van der Waals surface area contributed by atoms with E-state index in [4.69, 9.17) is 0 Å². The zero-order valence-electron chi connectivity index (χ0n) is 9.62. The summed E-state index contributed by atoms with van der Waals surface area (Å²) in [5.74, 6) is -0.810. The molecule has 0 atom stereocenters. The highest BCUT2D eigenvalue weighted by Crippen LogP contribution is 2.23. The lowest BCUT2D eigenvalue weighted by atomic mass is 10.0. The van der Waals surface area contributed by atoms with Crippen LogP contribution in [0.5, 0.6) is 0 Å². The molecule has 1 heterocycles. The van der Waals surface area contributed by atoms with Gasteiger partial charge in [0.1, 0.15) is 0 Å². The third-order valence-corrected chi connectivity index (χ3v) is 3.20. The fourth-order valence-electron chi connectivity index (χ4n) is 2.31. The molecule has 0 aromatic carbocycles. The van der Waals surface area contributed by atoms with Crippen LogP contribution in [0.3, 0.4) is 0 Å². The minimum Gasteiger partial charge on any atom is -0.478 e. The first-order chi connectivity index (χ1) is 7.72. The van der Waals surface area contributed by atoms with Crippen LogP contribution in [0, 0.1) is 0 Å². The van der Waals surface area contributed by atoms with E-state index >= 15 is 0 Å². The zero-order chi connectivity index (χ0) is 11.5. The summed E-state index contributed by atoms with van der Waals surface area (Å²) in [6.45, 7) is 2.01. The van der Waals surface area contributed by atoms with Gasteiger partial charge in [-0.2, -0.15) is 0 Å². The molecule has 0 radical (unpaired) electrons. The Morgan fingerprint density at radius 3 is 2.81 bits per heavy atom. The molecule has 0 saturated heterocycles. The lowest BCUT2D eigenvalue weighted by molar-refractivity contribution is 0.0695. The highest BCUT2D eigenvalue weighted by atomic mass is 16.4. The van der Waals surface area contributed by atoms with E-state index in [1.807, 2.05) is 6.92 Å². The molecule has 3 heteroatoms. The number of rotatable bonds is 2. The van der Waals surface area contributed by atoms with Crippen LogP contribution in [0.25, 0.3) is 0 Å².